The minimum Gasteiger partial charge on any atom is -0.493 e. The second-order valence-corrected chi connectivity index (χ2v) is 4.12. The molecule has 0 saturated heterocycles. The number of aliphatic carboxylic acids is 1. The average Bonchev–Trinajstić information content (AvgIpc) is 2.41. The first kappa shape index (κ1) is 17.0. The summed E-state index contributed by atoms with van der Waals surface area (Å²) in [6.07, 6.45) is -2.25. The van der Waals surface area contributed by atoms with Crippen molar-refractivity contribution in [2.75, 3.05) is 20.3 Å². The van der Waals surface area contributed by atoms with Gasteiger partial charge in [-0.25, -0.2) is 4.79 Å². The smallest absolute Gasteiger partial charge is 0.419 e. The van der Waals surface area contributed by atoms with Crippen LogP contribution in [0.25, 0.3) is 6.08 Å². The van der Waals surface area contributed by atoms with Crippen LogP contribution in [0, 0.1) is 0 Å². The van der Waals surface area contributed by atoms with Crippen LogP contribution in [0.1, 0.15) is 17.5 Å². The molecule has 0 fully saturated rings. The highest BCUT2D eigenvalue weighted by atomic mass is 19.4. The molecule has 1 aromatic rings. The third-order valence-electron chi connectivity index (χ3n) is 2.48. The summed E-state index contributed by atoms with van der Waals surface area (Å²) in [7, 11) is 1.49. The van der Waals surface area contributed by atoms with E-state index in [1.165, 1.54) is 19.2 Å². The Morgan fingerprint density at radius 1 is 1.33 bits per heavy atom. The minimum absolute atomic E-state index is 0.0984. The van der Waals surface area contributed by atoms with Crippen molar-refractivity contribution in [3.63, 3.8) is 0 Å². The fourth-order valence-corrected chi connectivity index (χ4v) is 1.55. The van der Waals surface area contributed by atoms with Crippen LogP contribution in [0.3, 0.4) is 0 Å². The number of carboxylic acids is 1. The molecule has 21 heavy (non-hydrogen) atoms. The third kappa shape index (κ3) is 5.86. The van der Waals surface area contributed by atoms with Gasteiger partial charge in [0.1, 0.15) is 5.75 Å². The van der Waals surface area contributed by atoms with Gasteiger partial charge < -0.3 is 14.6 Å². The molecule has 0 radical (unpaired) electrons. The van der Waals surface area contributed by atoms with Crippen LogP contribution in [0.2, 0.25) is 0 Å². The van der Waals surface area contributed by atoms with Crippen LogP contribution >= 0.6 is 0 Å². The summed E-state index contributed by atoms with van der Waals surface area (Å²) >= 11 is 0. The van der Waals surface area contributed by atoms with Gasteiger partial charge >= 0.3 is 12.1 Å². The molecule has 0 amide bonds. The number of ether oxygens (including phenoxy) is 2. The zero-order valence-corrected chi connectivity index (χ0v) is 11.3. The van der Waals surface area contributed by atoms with E-state index in [-0.39, 0.29) is 17.9 Å². The highest BCUT2D eigenvalue weighted by molar-refractivity contribution is 5.85. The number of carbonyl (C=O) groups is 1. The van der Waals surface area contributed by atoms with Crippen molar-refractivity contribution in [2.45, 2.75) is 12.6 Å². The van der Waals surface area contributed by atoms with E-state index in [2.05, 4.69) is 0 Å². The van der Waals surface area contributed by atoms with Gasteiger partial charge in [-0.2, -0.15) is 13.2 Å². The van der Waals surface area contributed by atoms with E-state index in [0.29, 0.717) is 13.0 Å². The Morgan fingerprint density at radius 3 is 2.62 bits per heavy atom. The maximum atomic E-state index is 13.0. The Bertz CT molecular complexity index is 509. The van der Waals surface area contributed by atoms with Crippen molar-refractivity contribution in [2.24, 2.45) is 0 Å². The molecule has 4 nitrogen and oxygen atoms in total. The van der Waals surface area contributed by atoms with Crippen LogP contribution in [0.5, 0.6) is 5.75 Å². The molecule has 0 aliphatic rings. The molecule has 0 heterocycles. The topological polar surface area (TPSA) is 55.8 Å². The lowest BCUT2D eigenvalue weighted by Crippen LogP contribution is -2.10. The summed E-state index contributed by atoms with van der Waals surface area (Å²) < 4.78 is 48.8. The zero-order chi connectivity index (χ0) is 15.9. The zero-order valence-electron chi connectivity index (χ0n) is 11.3. The Balaban J connectivity index is 2.95. The van der Waals surface area contributed by atoms with E-state index in [0.717, 1.165) is 18.2 Å². The quantitative estimate of drug-likeness (QED) is 0.621. The Kier molecular flexibility index (Phi) is 6.23. The molecule has 7 heteroatoms. The highest BCUT2D eigenvalue weighted by Gasteiger charge is 2.34. The lowest BCUT2D eigenvalue weighted by Gasteiger charge is -2.14. The van der Waals surface area contributed by atoms with Crippen LogP contribution in [0.4, 0.5) is 13.2 Å². The van der Waals surface area contributed by atoms with Crippen molar-refractivity contribution < 1.29 is 32.5 Å². The van der Waals surface area contributed by atoms with Gasteiger partial charge in [-0.1, -0.05) is 6.07 Å². The predicted molar refractivity (Wildman–Crippen MR) is 70.1 cm³/mol. The van der Waals surface area contributed by atoms with Crippen LogP contribution in [0.15, 0.2) is 24.3 Å². The van der Waals surface area contributed by atoms with Gasteiger partial charge in [-0.3, -0.25) is 0 Å². The van der Waals surface area contributed by atoms with Gasteiger partial charge in [0.05, 0.1) is 12.2 Å². The molecule has 0 aliphatic carbocycles. The predicted octanol–water partition coefficient (Wildman–Crippen LogP) is 3.22. The van der Waals surface area contributed by atoms with E-state index < -0.39 is 17.7 Å². The van der Waals surface area contributed by atoms with Crippen LogP contribution in [-0.2, 0) is 15.7 Å². The molecule has 1 N–H and O–H groups in total. The lowest BCUT2D eigenvalue weighted by atomic mass is 10.1. The normalized spacial score (nSPS) is 11.8. The first-order valence-electron chi connectivity index (χ1n) is 6.08. The monoisotopic (exact) mass is 304 g/mol. The largest absolute Gasteiger partial charge is 0.493 e. The number of carboxylic acid groups (broad SMARTS) is 1. The molecular weight excluding hydrogens is 289 g/mol. The van der Waals surface area contributed by atoms with E-state index in [1.54, 1.807) is 0 Å². The Labute approximate surface area is 119 Å². The van der Waals surface area contributed by atoms with Gasteiger partial charge in [-0.15, -0.1) is 0 Å². The van der Waals surface area contributed by atoms with Gasteiger partial charge in [0.15, 0.2) is 0 Å². The summed E-state index contributed by atoms with van der Waals surface area (Å²) in [5.41, 5.74) is -0.804. The van der Waals surface area contributed by atoms with Gasteiger partial charge in [-0.05, 0) is 23.8 Å². The molecule has 0 aliphatic heterocycles. The lowest BCUT2D eigenvalue weighted by molar-refractivity contribution is -0.139. The van der Waals surface area contributed by atoms with Crippen molar-refractivity contribution in [3.05, 3.63) is 35.4 Å². The Morgan fingerprint density at radius 2 is 2.05 bits per heavy atom. The molecule has 1 rings (SSSR count). The number of alkyl halides is 3. The number of methoxy groups -OCH3 is 1. The molecule has 116 valence electrons. The minimum atomic E-state index is -4.58. The SMILES string of the molecule is COCCCOc1ccc(C=CC(=O)O)cc1C(F)(F)F. The Hall–Kier alpha value is -2.02. The van der Waals surface area contributed by atoms with Crippen molar-refractivity contribution in [1.29, 1.82) is 0 Å². The van der Waals surface area contributed by atoms with E-state index in [4.69, 9.17) is 14.6 Å². The average molecular weight is 304 g/mol. The van der Waals surface area contributed by atoms with E-state index >= 15 is 0 Å². The molecule has 0 aromatic heterocycles. The second kappa shape index (κ2) is 7.68. The van der Waals surface area contributed by atoms with Crippen LogP contribution in [-0.4, -0.2) is 31.4 Å². The molecule has 0 spiro atoms. The maximum Gasteiger partial charge on any atom is 0.419 e. The van der Waals surface area contributed by atoms with Crippen molar-refractivity contribution in [3.8, 4) is 5.75 Å². The molecule has 1 aromatic carbocycles. The maximum absolute atomic E-state index is 13.0. The molecule has 0 unspecified atom stereocenters. The van der Waals surface area contributed by atoms with Crippen molar-refractivity contribution in [1.82, 2.24) is 0 Å². The van der Waals surface area contributed by atoms with Gasteiger partial charge in [0.2, 0.25) is 0 Å². The van der Waals surface area contributed by atoms with Gasteiger partial charge in [0.25, 0.3) is 0 Å². The van der Waals surface area contributed by atoms with Crippen molar-refractivity contribution >= 4 is 12.0 Å². The first-order valence-corrected chi connectivity index (χ1v) is 6.08. The highest BCUT2D eigenvalue weighted by Crippen LogP contribution is 2.37. The fourth-order valence-electron chi connectivity index (χ4n) is 1.55. The van der Waals surface area contributed by atoms with E-state index in [1.807, 2.05) is 0 Å². The molecule has 0 bridgehead atoms. The first-order chi connectivity index (χ1) is 9.84. The summed E-state index contributed by atoms with van der Waals surface area (Å²) in [5, 5.41) is 8.48. The second-order valence-electron chi connectivity index (χ2n) is 4.12. The number of hydrogen-bond donors (Lipinski definition) is 1. The summed E-state index contributed by atoms with van der Waals surface area (Å²) in [4.78, 5) is 10.4. The molecular formula is C14H15F3O4. The van der Waals surface area contributed by atoms with Crippen LogP contribution < -0.4 is 4.74 Å². The summed E-state index contributed by atoms with van der Waals surface area (Å²) in [6, 6.07) is 3.39. The van der Waals surface area contributed by atoms with E-state index in [9.17, 15) is 18.0 Å². The van der Waals surface area contributed by atoms with Gasteiger partial charge in [0, 0.05) is 26.2 Å². The molecule has 0 saturated carbocycles. The standard InChI is InChI=1S/C14H15F3O4/c1-20-7-2-8-21-12-5-3-10(4-6-13(18)19)9-11(12)14(15,16)17/h3-6,9H,2,7-8H2,1H3,(H,18,19). The third-order valence-corrected chi connectivity index (χ3v) is 2.48. The number of hydrogen-bond acceptors (Lipinski definition) is 3. The molecule has 0 atom stereocenters. The fraction of sp³-hybridized carbons (Fsp3) is 0.357. The summed E-state index contributed by atoms with van der Waals surface area (Å²) in [6.45, 7) is 0.488. The number of benzene rings is 1. The summed E-state index contributed by atoms with van der Waals surface area (Å²) in [5.74, 6) is -1.52. The number of rotatable bonds is 7. The number of halogens is 3.